The molecule has 1 aromatic heterocycles. The summed E-state index contributed by atoms with van der Waals surface area (Å²) in [5, 5.41) is 14.0. The van der Waals surface area contributed by atoms with Crippen molar-refractivity contribution < 1.29 is 5.11 Å². The van der Waals surface area contributed by atoms with Crippen LogP contribution >= 0.6 is 0 Å². The smallest absolute Gasteiger partial charge is 0.131 e. The fraction of sp³-hybridized carbons (Fsp3) is 0.167. The van der Waals surface area contributed by atoms with Crippen molar-refractivity contribution in [1.29, 1.82) is 0 Å². The van der Waals surface area contributed by atoms with Crippen LogP contribution in [0.1, 0.15) is 16.7 Å². The van der Waals surface area contributed by atoms with Crippen LogP contribution in [0.15, 0.2) is 42.5 Å². The van der Waals surface area contributed by atoms with E-state index in [1.54, 1.807) is 12.1 Å². The van der Waals surface area contributed by atoms with Crippen LogP contribution in [0.5, 0.6) is 5.75 Å². The van der Waals surface area contributed by atoms with Gasteiger partial charge >= 0.3 is 0 Å². The quantitative estimate of drug-likeness (QED) is 0.719. The predicted octanol–water partition coefficient (Wildman–Crippen LogP) is 4.61. The summed E-state index contributed by atoms with van der Waals surface area (Å²) in [6.07, 6.45) is 0. The number of nitrogens with zero attached hydrogens (tertiary/aromatic N) is 1. The molecule has 3 heteroatoms. The average Bonchev–Trinajstić information content (AvgIpc) is 2.42. The van der Waals surface area contributed by atoms with Gasteiger partial charge in [-0.3, -0.25) is 0 Å². The summed E-state index contributed by atoms with van der Waals surface area (Å²) >= 11 is 0. The van der Waals surface area contributed by atoms with E-state index in [1.165, 1.54) is 11.1 Å². The number of phenolic OH excluding ortho intramolecular Hbond substituents is 1. The topological polar surface area (TPSA) is 45.1 Å². The number of benzene rings is 2. The first-order valence-electron chi connectivity index (χ1n) is 6.97. The Bertz CT molecular complexity index is 825. The Morgan fingerprint density at radius 1 is 0.857 bits per heavy atom. The Kier molecular flexibility index (Phi) is 3.26. The highest BCUT2D eigenvalue weighted by molar-refractivity contribution is 5.85. The Morgan fingerprint density at radius 2 is 1.67 bits per heavy atom. The van der Waals surface area contributed by atoms with E-state index in [9.17, 15) is 5.11 Å². The molecular formula is C18H18N2O. The van der Waals surface area contributed by atoms with Gasteiger partial charge in [0, 0.05) is 17.1 Å². The van der Waals surface area contributed by atoms with Gasteiger partial charge in [0.15, 0.2) is 0 Å². The average molecular weight is 278 g/mol. The molecule has 0 spiro atoms. The van der Waals surface area contributed by atoms with Gasteiger partial charge in [-0.2, -0.15) is 0 Å². The van der Waals surface area contributed by atoms with E-state index >= 15 is 0 Å². The number of pyridine rings is 1. The van der Waals surface area contributed by atoms with Gasteiger partial charge in [-0.1, -0.05) is 6.07 Å². The predicted molar refractivity (Wildman–Crippen MR) is 87.3 cm³/mol. The van der Waals surface area contributed by atoms with Crippen LogP contribution in [-0.2, 0) is 0 Å². The van der Waals surface area contributed by atoms with Crippen molar-refractivity contribution in [1.82, 2.24) is 4.98 Å². The van der Waals surface area contributed by atoms with Crippen LogP contribution in [0.2, 0.25) is 0 Å². The molecule has 3 aromatic rings. The molecule has 1 heterocycles. The van der Waals surface area contributed by atoms with E-state index in [4.69, 9.17) is 0 Å². The molecular weight excluding hydrogens is 260 g/mol. The van der Waals surface area contributed by atoms with Crippen LogP contribution < -0.4 is 5.32 Å². The number of phenols is 1. The van der Waals surface area contributed by atoms with E-state index in [2.05, 4.69) is 36.3 Å². The first-order chi connectivity index (χ1) is 10.0. The molecule has 0 atom stereocenters. The third-order valence-electron chi connectivity index (χ3n) is 3.78. The van der Waals surface area contributed by atoms with Crippen molar-refractivity contribution in [2.45, 2.75) is 20.8 Å². The van der Waals surface area contributed by atoms with Gasteiger partial charge in [0.1, 0.15) is 11.6 Å². The molecule has 0 aliphatic heterocycles. The summed E-state index contributed by atoms with van der Waals surface area (Å²) in [7, 11) is 0. The monoisotopic (exact) mass is 278 g/mol. The van der Waals surface area contributed by atoms with Crippen LogP contribution in [0.4, 0.5) is 11.5 Å². The van der Waals surface area contributed by atoms with Gasteiger partial charge in [-0.25, -0.2) is 4.98 Å². The number of anilines is 2. The summed E-state index contributed by atoms with van der Waals surface area (Å²) < 4.78 is 0. The molecule has 0 aliphatic rings. The highest BCUT2D eigenvalue weighted by Gasteiger charge is 2.05. The maximum Gasteiger partial charge on any atom is 0.131 e. The van der Waals surface area contributed by atoms with Gasteiger partial charge in [-0.05, 0) is 67.8 Å². The van der Waals surface area contributed by atoms with Crippen molar-refractivity contribution in [2.24, 2.45) is 0 Å². The van der Waals surface area contributed by atoms with Gasteiger partial charge in [-0.15, -0.1) is 0 Å². The SMILES string of the molecule is Cc1ccc(Nc2cc(C)c3ccc(O)cc3n2)cc1C. The van der Waals surface area contributed by atoms with Crippen LogP contribution in [0, 0.1) is 20.8 Å². The number of nitrogens with one attached hydrogen (secondary N) is 1. The highest BCUT2D eigenvalue weighted by Crippen LogP contribution is 2.26. The van der Waals surface area contributed by atoms with Gasteiger partial charge in [0.05, 0.1) is 5.52 Å². The van der Waals surface area contributed by atoms with Crippen molar-refractivity contribution in [3.05, 3.63) is 59.2 Å². The lowest BCUT2D eigenvalue weighted by molar-refractivity contribution is 0.476. The molecule has 3 nitrogen and oxygen atoms in total. The lowest BCUT2D eigenvalue weighted by atomic mass is 10.1. The molecule has 0 saturated carbocycles. The number of hydrogen-bond acceptors (Lipinski definition) is 3. The standard InChI is InChI=1S/C18H18N2O/c1-11-4-5-14(8-12(11)2)19-18-9-13(3)16-7-6-15(21)10-17(16)20-18/h4-10,21H,1-3H3,(H,19,20). The molecule has 3 rings (SSSR count). The van der Waals surface area contributed by atoms with Crippen molar-refractivity contribution in [3.63, 3.8) is 0 Å². The molecule has 0 bridgehead atoms. The zero-order valence-corrected chi connectivity index (χ0v) is 12.4. The molecule has 0 saturated heterocycles. The Labute approximate surface area is 124 Å². The molecule has 106 valence electrons. The number of aromatic hydroxyl groups is 1. The molecule has 21 heavy (non-hydrogen) atoms. The zero-order valence-electron chi connectivity index (χ0n) is 12.4. The minimum Gasteiger partial charge on any atom is -0.508 e. The molecule has 0 amide bonds. The first-order valence-corrected chi connectivity index (χ1v) is 6.97. The largest absolute Gasteiger partial charge is 0.508 e. The lowest BCUT2D eigenvalue weighted by Crippen LogP contribution is -1.96. The lowest BCUT2D eigenvalue weighted by Gasteiger charge is -2.10. The third-order valence-corrected chi connectivity index (χ3v) is 3.78. The molecule has 2 aromatic carbocycles. The van der Waals surface area contributed by atoms with Crippen molar-refractivity contribution >= 4 is 22.4 Å². The minimum atomic E-state index is 0.234. The third kappa shape index (κ3) is 2.68. The van der Waals surface area contributed by atoms with Crippen LogP contribution in [0.25, 0.3) is 10.9 Å². The van der Waals surface area contributed by atoms with E-state index in [0.29, 0.717) is 0 Å². The van der Waals surface area contributed by atoms with E-state index < -0.39 is 0 Å². The van der Waals surface area contributed by atoms with Crippen LogP contribution in [0.3, 0.4) is 0 Å². The van der Waals surface area contributed by atoms with Gasteiger partial charge in [0.2, 0.25) is 0 Å². The van der Waals surface area contributed by atoms with Crippen LogP contribution in [-0.4, -0.2) is 10.1 Å². The highest BCUT2D eigenvalue weighted by atomic mass is 16.3. The normalized spacial score (nSPS) is 10.8. The van der Waals surface area contributed by atoms with E-state index in [1.807, 2.05) is 25.1 Å². The fourth-order valence-electron chi connectivity index (χ4n) is 2.42. The summed E-state index contributed by atoms with van der Waals surface area (Å²) in [6.45, 7) is 6.24. The number of aromatic nitrogens is 1. The molecule has 0 fully saturated rings. The van der Waals surface area contributed by atoms with E-state index in [-0.39, 0.29) is 5.75 Å². The minimum absolute atomic E-state index is 0.234. The zero-order chi connectivity index (χ0) is 15.0. The Morgan fingerprint density at radius 3 is 2.43 bits per heavy atom. The second kappa shape index (κ2) is 5.09. The summed E-state index contributed by atoms with van der Waals surface area (Å²) in [4.78, 5) is 4.57. The summed E-state index contributed by atoms with van der Waals surface area (Å²) in [5.74, 6) is 1.02. The summed E-state index contributed by atoms with van der Waals surface area (Å²) in [6, 6.07) is 13.5. The molecule has 0 aliphatic carbocycles. The Hall–Kier alpha value is -2.55. The number of hydrogen-bond donors (Lipinski definition) is 2. The number of rotatable bonds is 2. The van der Waals surface area contributed by atoms with Gasteiger partial charge in [0.25, 0.3) is 0 Å². The Balaban J connectivity index is 2.02. The molecule has 0 unspecified atom stereocenters. The number of aryl methyl sites for hydroxylation is 3. The maximum atomic E-state index is 9.61. The second-order valence-electron chi connectivity index (χ2n) is 5.45. The first kappa shape index (κ1) is 13.4. The molecule has 2 N–H and O–H groups in total. The van der Waals surface area contributed by atoms with E-state index in [0.717, 1.165) is 28.0 Å². The summed E-state index contributed by atoms with van der Waals surface area (Å²) in [5.41, 5.74) is 5.46. The number of fused-ring (bicyclic) bond motifs is 1. The molecule has 0 radical (unpaired) electrons. The van der Waals surface area contributed by atoms with Crippen molar-refractivity contribution in [3.8, 4) is 5.75 Å². The van der Waals surface area contributed by atoms with Gasteiger partial charge < -0.3 is 10.4 Å². The van der Waals surface area contributed by atoms with Crippen molar-refractivity contribution in [2.75, 3.05) is 5.32 Å². The fourth-order valence-corrected chi connectivity index (χ4v) is 2.42. The maximum absolute atomic E-state index is 9.61. The second-order valence-corrected chi connectivity index (χ2v) is 5.45.